The minimum atomic E-state index is -0.466. The lowest BCUT2D eigenvalue weighted by Gasteiger charge is -2.37. The van der Waals surface area contributed by atoms with E-state index >= 15 is 0 Å². The van der Waals surface area contributed by atoms with E-state index in [4.69, 9.17) is 9.47 Å². The third-order valence-corrected chi connectivity index (χ3v) is 6.66. The SMILES string of the molecule is CCC(C)C(C)(CC(C)C)C(=O)OC1C2CC3C(=O)OC1C3C2. The zero-order chi connectivity index (χ0) is 16.9. The molecule has 0 spiro atoms. The van der Waals surface area contributed by atoms with Crippen molar-refractivity contribution in [3.8, 4) is 0 Å². The van der Waals surface area contributed by atoms with Crippen molar-refractivity contribution in [3.63, 3.8) is 0 Å². The molecular formula is C19H30O4. The molecule has 7 atom stereocenters. The summed E-state index contributed by atoms with van der Waals surface area (Å²) in [5.74, 6) is 1.20. The molecular weight excluding hydrogens is 292 g/mol. The Hall–Kier alpha value is -1.06. The normalized spacial score (nSPS) is 38.5. The largest absolute Gasteiger partial charge is 0.458 e. The standard InChI is InChI=1S/C19H30O4/c1-6-11(4)19(5,9-10(2)3)18(21)23-15-12-7-13-14(8-12)17(20)22-16(13)15/h10-16H,6-9H2,1-5H3. The average Bonchev–Trinajstić information content (AvgIpc) is 3.10. The molecule has 0 aromatic carbocycles. The van der Waals surface area contributed by atoms with Gasteiger partial charge in [0.05, 0.1) is 11.3 Å². The van der Waals surface area contributed by atoms with Crippen LogP contribution in [0.4, 0.5) is 0 Å². The summed E-state index contributed by atoms with van der Waals surface area (Å²) in [5, 5.41) is 0. The monoisotopic (exact) mass is 322 g/mol. The number of hydrogen-bond donors (Lipinski definition) is 0. The first kappa shape index (κ1) is 16.8. The number of esters is 2. The molecule has 3 aliphatic rings. The van der Waals surface area contributed by atoms with E-state index in [0.29, 0.717) is 11.8 Å². The van der Waals surface area contributed by atoms with E-state index in [9.17, 15) is 9.59 Å². The summed E-state index contributed by atoms with van der Waals surface area (Å²) in [4.78, 5) is 24.9. The molecule has 4 nitrogen and oxygen atoms in total. The number of fused-ring (bicyclic) bond motifs is 1. The van der Waals surface area contributed by atoms with Crippen LogP contribution >= 0.6 is 0 Å². The molecule has 7 unspecified atom stereocenters. The maximum absolute atomic E-state index is 13.0. The van der Waals surface area contributed by atoms with Crippen LogP contribution in [-0.4, -0.2) is 24.1 Å². The Bertz CT molecular complexity index is 500. The zero-order valence-corrected chi connectivity index (χ0v) is 15.0. The topological polar surface area (TPSA) is 52.6 Å². The fourth-order valence-corrected chi connectivity index (χ4v) is 5.11. The van der Waals surface area contributed by atoms with Gasteiger partial charge in [-0.1, -0.05) is 34.1 Å². The lowest BCUT2D eigenvalue weighted by molar-refractivity contribution is -0.175. The molecule has 2 aliphatic carbocycles. The summed E-state index contributed by atoms with van der Waals surface area (Å²) >= 11 is 0. The van der Waals surface area contributed by atoms with Crippen molar-refractivity contribution in [3.05, 3.63) is 0 Å². The summed E-state index contributed by atoms with van der Waals surface area (Å²) in [7, 11) is 0. The Balaban J connectivity index is 1.74. The highest BCUT2D eigenvalue weighted by atomic mass is 16.6. The first-order chi connectivity index (χ1) is 10.8. The molecule has 130 valence electrons. The zero-order valence-electron chi connectivity index (χ0n) is 15.0. The maximum atomic E-state index is 13.0. The minimum absolute atomic E-state index is 0.0663. The van der Waals surface area contributed by atoms with Crippen molar-refractivity contribution in [2.24, 2.45) is 35.0 Å². The Kier molecular flexibility index (Phi) is 4.22. The van der Waals surface area contributed by atoms with Crippen molar-refractivity contribution in [1.82, 2.24) is 0 Å². The molecule has 0 aromatic rings. The van der Waals surface area contributed by atoms with Gasteiger partial charge in [-0.25, -0.2) is 0 Å². The van der Waals surface area contributed by atoms with Crippen molar-refractivity contribution in [1.29, 1.82) is 0 Å². The first-order valence-corrected chi connectivity index (χ1v) is 9.19. The molecule has 2 bridgehead atoms. The number of ether oxygens (including phenoxy) is 2. The number of carbonyl (C=O) groups is 2. The summed E-state index contributed by atoms with van der Waals surface area (Å²) in [6, 6.07) is 0. The van der Waals surface area contributed by atoms with Gasteiger partial charge in [-0.05, 0) is 38.0 Å². The van der Waals surface area contributed by atoms with Gasteiger partial charge in [-0.15, -0.1) is 0 Å². The fraction of sp³-hybridized carbons (Fsp3) is 0.895. The molecule has 0 amide bonds. The van der Waals surface area contributed by atoms with Gasteiger partial charge >= 0.3 is 11.9 Å². The molecule has 4 heteroatoms. The highest BCUT2D eigenvalue weighted by Crippen LogP contribution is 2.56. The highest BCUT2D eigenvalue weighted by Gasteiger charge is 2.63. The second-order valence-corrected chi connectivity index (χ2v) is 8.60. The molecule has 23 heavy (non-hydrogen) atoms. The predicted molar refractivity (Wildman–Crippen MR) is 86.5 cm³/mol. The fourth-order valence-electron chi connectivity index (χ4n) is 5.11. The van der Waals surface area contributed by atoms with Gasteiger partial charge < -0.3 is 9.47 Å². The molecule has 0 radical (unpaired) electrons. The summed E-state index contributed by atoms with van der Waals surface area (Å²) in [6.45, 7) is 10.6. The molecule has 1 aliphatic heterocycles. The Morgan fingerprint density at radius 2 is 2.04 bits per heavy atom. The molecule has 1 saturated heterocycles. The van der Waals surface area contributed by atoms with Crippen LogP contribution in [0.2, 0.25) is 0 Å². The van der Waals surface area contributed by atoms with Crippen LogP contribution in [0.1, 0.15) is 60.3 Å². The van der Waals surface area contributed by atoms with Crippen molar-refractivity contribution in [2.75, 3.05) is 0 Å². The number of hydrogen-bond acceptors (Lipinski definition) is 4. The van der Waals surface area contributed by atoms with Crippen LogP contribution < -0.4 is 0 Å². The van der Waals surface area contributed by atoms with Crippen molar-refractivity contribution in [2.45, 2.75) is 72.5 Å². The second-order valence-electron chi connectivity index (χ2n) is 8.60. The third-order valence-electron chi connectivity index (χ3n) is 6.66. The van der Waals surface area contributed by atoms with E-state index < -0.39 is 5.41 Å². The molecule has 2 saturated carbocycles. The lowest BCUT2D eigenvalue weighted by atomic mass is 9.71. The Labute approximate surface area is 139 Å². The predicted octanol–water partition coefficient (Wildman–Crippen LogP) is 3.58. The molecule has 3 rings (SSSR count). The molecule has 3 fully saturated rings. The van der Waals surface area contributed by atoms with Gasteiger partial charge in [0.25, 0.3) is 0 Å². The van der Waals surface area contributed by atoms with E-state index in [0.717, 1.165) is 25.7 Å². The average molecular weight is 322 g/mol. The second kappa shape index (κ2) is 5.78. The van der Waals surface area contributed by atoms with Gasteiger partial charge in [-0.3, -0.25) is 9.59 Å². The van der Waals surface area contributed by atoms with Crippen molar-refractivity contribution >= 4 is 11.9 Å². The van der Waals surface area contributed by atoms with E-state index in [1.165, 1.54) is 0 Å². The van der Waals surface area contributed by atoms with Crippen LogP contribution in [0.25, 0.3) is 0 Å². The summed E-state index contributed by atoms with van der Waals surface area (Å²) < 4.78 is 11.5. The van der Waals surface area contributed by atoms with Gasteiger partial charge in [-0.2, -0.15) is 0 Å². The Morgan fingerprint density at radius 1 is 1.35 bits per heavy atom. The first-order valence-electron chi connectivity index (χ1n) is 9.19. The van der Waals surface area contributed by atoms with Gasteiger partial charge in [0.15, 0.2) is 0 Å². The lowest BCUT2D eigenvalue weighted by Crippen LogP contribution is -2.43. The van der Waals surface area contributed by atoms with Gasteiger partial charge in [0, 0.05) is 11.8 Å². The molecule has 0 aromatic heterocycles. The third kappa shape index (κ3) is 2.58. The van der Waals surface area contributed by atoms with Crippen LogP contribution in [0.5, 0.6) is 0 Å². The maximum Gasteiger partial charge on any atom is 0.312 e. The van der Waals surface area contributed by atoms with Crippen LogP contribution in [-0.2, 0) is 19.1 Å². The quantitative estimate of drug-likeness (QED) is 0.701. The summed E-state index contributed by atoms with van der Waals surface area (Å²) in [6.07, 6.45) is 3.19. The molecule has 0 N–H and O–H groups in total. The smallest absolute Gasteiger partial charge is 0.312 e. The highest BCUT2D eigenvalue weighted by molar-refractivity contribution is 5.79. The Morgan fingerprint density at radius 3 is 2.65 bits per heavy atom. The number of rotatable bonds is 6. The van der Waals surface area contributed by atoms with Crippen LogP contribution in [0.15, 0.2) is 0 Å². The van der Waals surface area contributed by atoms with Crippen LogP contribution in [0, 0.1) is 35.0 Å². The minimum Gasteiger partial charge on any atom is -0.458 e. The van der Waals surface area contributed by atoms with Gasteiger partial charge in [0.2, 0.25) is 0 Å². The number of carbonyl (C=O) groups excluding carboxylic acids is 2. The van der Waals surface area contributed by atoms with E-state index in [1.807, 2.05) is 6.92 Å². The van der Waals surface area contributed by atoms with E-state index in [-0.39, 0.29) is 41.9 Å². The van der Waals surface area contributed by atoms with E-state index in [2.05, 4.69) is 27.7 Å². The van der Waals surface area contributed by atoms with E-state index in [1.54, 1.807) is 0 Å². The summed E-state index contributed by atoms with van der Waals surface area (Å²) in [5.41, 5.74) is -0.466. The van der Waals surface area contributed by atoms with Crippen LogP contribution in [0.3, 0.4) is 0 Å². The molecule has 1 heterocycles. The van der Waals surface area contributed by atoms with Gasteiger partial charge in [0.1, 0.15) is 12.2 Å². The van der Waals surface area contributed by atoms with Crippen molar-refractivity contribution < 1.29 is 19.1 Å².